The smallest absolute Gasteiger partial charge is 0.00689 e. The second-order valence-electron chi connectivity index (χ2n) is 2.02. The van der Waals surface area contributed by atoms with E-state index in [1.165, 1.54) is 11.1 Å². The second kappa shape index (κ2) is 4.17. The van der Waals surface area contributed by atoms with Crippen LogP contribution in [0.3, 0.4) is 0 Å². The van der Waals surface area contributed by atoms with E-state index in [-0.39, 0.29) is 0 Å². The Kier molecular flexibility index (Phi) is 3.83. The van der Waals surface area contributed by atoms with Crippen LogP contribution in [0.25, 0.3) is 0 Å². The first-order chi connectivity index (χ1) is 4.22. The van der Waals surface area contributed by atoms with Crippen molar-refractivity contribution in [1.82, 2.24) is 0 Å². The van der Waals surface area contributed by atoms with Crippen molar-refractivity contribution in [2.24, 2.45) is 0 Å². The molecule has 0 saturated heterocycles. The fourth-order valence-corrected chi connectivity index (χ4v) is 0.584. The molecule has 0 nitrogen and oxygen atoms in total. The summed E-state index contributed by atoms with van der Waals surface area (Å²) in [6.07, 6.45) is 2.93. The van der Waals surface area contributed by atoms with E-state index in [4.69, 9.17) is 0 Å². The maximum absolute atomic E-state index is 3.87. The summed E-state index contributed by atoms with van der Waals surface area (Å²) in [6, 6.07) is 0. The molecule has 0 aliphatic heterocycles. The Bertz CT molecular complexity index is 155. The van der Waals surface area contributed by atoms with Gasteiger partial charge in [-0.2, -0.15) is 0 Å². The Hall–Kier alpha value is -0.740. The molecule has 0 amide bonds. The molecule has 0 heteroatoms. The van der Waals surface area contributed by atoms with Gasteiger partial charge in [-0.15, -0.1) is 5.73 Å². The van der Waals surface area contributed by atoms with Gasteiger partial charge in [0.2, 0.25) is 0 Å². The Morgan fingerprint density at radius 2 is 2.22 bits per heavy atom. The van der Waals surface area contributed by atoms with Crippen molar-refractivity contribution >= 4 is 0 Å². The summed E-state index contributed by atoms with van der Waals surface area (Å²) >= 11 is 0. The van der Waals surface area contributed by atoms with E-state index in [1.807, 2.05) is 19.9 Å². The Balaban J connectivity index is 4.21. The van der Waals surface area contributed by atoms with E-state index in [1.54, 1.807) is 0 Å². The molecule has 50 valence electrons. The molecule has 0 aromatic heterocycles. The van der Waals surface area contributed by atoms with Crippen molar-refractivity contribution in [3.63, 3.8) is 0 Å². The molecule has 0 radical (unpaired) electrons. The highest BCUT2D eigenvalue weighted by Gasteiger charge is 1.88. The van der Waals surface area contributed by atoms with Gasteiger partial charge in [0, 0.05) is 0 Å². The van der Waals surface area contributed by atoms with Gasteiger partial charge in [-0.05, 0) is 37.5 Å². The molecular formula is C9H14. The van der Waals surface area contributed by atoms with Crippen LogP contribution >= 0.6 is 0 Å². The minimum atomic E-state index is 1.02. The van der Waals surface area contributed by atoms with E-state index in [0.717, 1.165) is 6.42 Å². The summed E-state index contributed by atoms with van der Waals surface area (Å²) < 4.78 is 0. The third kappa shape index (κ3) is 2.94. The zero-order chi connectivity index (χ0) is 7.28. The van der Waals surface area contributed by atoms with Crippen molar-refractivity contribution in [1.29, 1.82) is 0 Å². The van der Waals surface area contributed by atoms with Crippen LogP contribution in [-0.2, 0) is 0 Å². The van der Waals surface area contributed by atoms with Gasteiger partial charge in [0.25, 0.3) is 0 Å². The van der Waals surface area contributed by atoms with Crippen molar-refractivity contribution in [3.05, 3.63) is 29.5 Å². The first kappa shape index (κ1) is 8.26. The van der Waals surface area contributed by atoms with Crippen molar-refractivity contribution in [2.75, 3.05) is 0 Å². The molecule has 0 heterocycles. The third-order valence-electron chi connectivity index (χ3n) is 1.32. The highest BCUT2D eigenvalue weighted by Crippen LogP contribution is 2.07. The van der Waals surface area contributed by atoms with Gasteiger partial charge in [-0.25, -0.2) is 0 Å². The largest absolute Gasteiger partial charge is 0.122 e. The minimum Gasteiger partial charge on any atom is -0.122 e. The predicted octanol–water partition coefficient (Wildman–Crippen LogP) is 3.07. The zero-order valence-electron chi connectivity index (χ0n) is 6.49. The van der Waals surface area contributed by atoms with Gasteiger partial charge in [0.15, 0.2) is 0 Å². The van der Waals surface area contributed by atoms with Gasteiger partial charge in [-0.3, -0.25) is 0 Å². The third-order valence-corrected chi connectivity index (χ3v) is 1.32. The fraction of sp³-hybridized carbons (Fsp3) is 0.444. The predicted molar refractivity (Wildman–Crippen MR) is 42.4 cm³/mol. The fourth-order valence-electron chi connectivity index (χ4n) is 0.584. The Morgan fingerprint density at radius 1 is 1.67 bits per heavy atom. The lowest BCUT2D eigenvalue weighted by Crippen LogP contribution is -1.76. The number of hydrogen-bond acceptors (Lipinski definition) is 0. The molecule has 0 N–H and O–H groups in total. The molecule has 0 spiro atoms. The quantitative estimate of drug-likeness (QED) is 0.390. The molecule has 0 aromatic carbocycles. The number of hydrogen-bond donors (Lipinski definition) is 0. The molecular weight excluding hydrogens is 108 g/mol. The van der Waals surface area contributed by atoms with E-state index >= 15 is 0 Å². The number of allylic oxidation sites excluding steroid dienone is 2. The van der Waals surface area contributed by atoms with Gasteiger partial charge in [0.1, 0.15) is 0 Å². The van der Waals surface area contributed by atoms with Crippen molar-refractivity contribution in [2.45, 2.75) is 27.2 Å². The van der Waals surface area contributed by atoms with Crippen LogP contribution in [0.5, 0.6) is 0 Å². The lowest BCUT2D eigenvalue weighted by atomic mass is 10.1. The van der Waals surface area contributed by atoms with Crippen LogP contribution in [0.2, 0.25) is 0 Å². The summed E-state index contributed by atoms with van der Waals surface area (Å²) in [6.45, 7) is 9.97. The van der Waals surface area contributed by atoms with Gasteiger partial charge >= 0.3 is 0 Å². The van der Waals surface area contributed by atoms with E-state index in [0.29, 0.717) is 0 Å². The van der Waals surface area contributed by atoms with Gasteiger partial charge < -0.3 is 0 Å². The first-order valence-electron chi connectivity index (χ1n) is 3.28. The second-order valence-corrected chi connectivity index (χ2v) is 2.02. The van der Waals surface area contributed by atoms with Gasteiger partial charge in [-0.1, -0.05) is 13.5 Å². The molecule has 0 aliphatic rings. The van der Waals surface area contributed by atoms with E-state index < -0.39 is 0 Å². The highest BCUT2D eigenvalue weighted by atomic mass is 13.9. The molecule has 0 saturated carbocycles. The maximum Gasteiger partial charge on any atom is -0.00689 e. The van der Waals surface area contributed by atoms with Crippen LogP contribution in [0, 0.1) is 0 Å². The van der Waals surface area contributed by atoms with E-state index in [2.05, 4.69) is 19.2 Å². The van der Waals surface area contributed by atoms with Crippen LogP contribution in [0.1, 0.15) is 27.2 Å². The topological polar surface area (TPSA) is 0 Å². The van der Waals surface area contributed by atoms with Crippen molar-refractivity contribution in [3.8, 4) is 0 Å². The average Bonchev–Trinajstić information content (AvgIpc) is 1.87. The Labute approximate surface area is 57.6 Å². The van der Waals surface area contributed by atoms with Crippen LogP contribution < -0.4 is 0 Å². The molecule has 0 rings (SSSR count). The molecule has 0 aliphatic carbocycles. The summed E-state index contributed by atoms with van der Waals surface area (Å²) in [5.41, 5.74) is 5.43. The summed E-state index contributed by atoms with van der Waals surface area (Å²) in [4.78, 5) is 0. The lowest BCUT2D eigenvalue weighted by molar-refractivity contribution is 1.12. The summed E-state index contributed by atoms with van der Waals surface area (Å²) in [7, 11) is 0. The van der Waals surface area contributed by atoms with Crippen molar-refractivity contribution < 1.29 is 0 Å². The summed E-state index contributed by atoms with van der Waals surface area (Å²) in [5.74, 6) is 0. The van der Waals surface area contributed by atoms with Crippen LogP contribution in [0.4, 0.5) is 0 Å². The van der Waals surface area contributed by atoms with Crippen LogP contribution in [0.15, 0.2) is 29.5 Å². The normalized spacial score (nSPS) is 7.89. The van der Waals surface area contributed by atoms with Gasteiger partial charge in [0.05, 0.1) is 0 Å². The zero-order valence-corrected chi connectivity index (χ0v) is 6.49. The number of rotatable bonds is 2. The standard InChI is InChI=1S/C9H14/c1-5-7-9(4)8(3)6-2/h5H,3,6H2,1-2,4H3. The molecule has 0 aromatic rings. The molecule has 9 heavy (non-hydrogen) atoms. The molecule has 0 bridgehead atoms. The lowest BCUT2D eigenvalue weighted by Gasteiger charge is -1.95. The maximum atomic E-state index is 3.87. The SMILES string of the molecule is C=C(CC)C(C)=C=CC. The summed E-state index contributed by atoms with van der Waals surface area (Å²) in [5, 5.41) is 0. The van der Waals surface area contributed by atoms with E-state index in [9.17, 15) is 0 Å². The molecule has 0 unspecified atom stereocenters. The first-order valence-corrected chi connectivity index (χ1v) is 3.28. The highest BCUT2D eigenvalue weighted by molar-refractivity contribution is 5.24. The monoisotopic (exact) mass is 122 g/mol. The average molecular weight is 122 g/mol. The Morgan fingerprint density at radius 3 is 2.56 bits per heavy atom. The molecule has 0 fully saturated rings. The van der Waals surface area contributed by atoms with Crippen LogP contribution in [-0.4, -0.2) is 0 Å². The molecule has 0 atom stereocenters. The minimum absolute atomic E-state index is 1.02.